The Kier molecular flexibility index (Phi) is 9.88. The van der Waals surface area contributed by atoms with Gasteiger partial charge in [-0.1, -0.05) is 6.92 Å². The summed E-state index contributed by atoms with van der Waals surface area (Å²) in [7, 11) is 0. The summed E-state index contributed by atoms with van der Waals surface area (Å²) < 4.78 is 10.3. The zero-order chi connectivity index (χ0) is 23.3. The number of phenols is 1. The molecule has 1 aliphatic heterocycles. The second-order valence-corrected chi connectivity index (χ2v) is 6.85. The van der Waals surface area contributed by atoms with Crippen molar-refractivity contribution >= 4 is 23.9 Å². The van der Waals surface area contributed by atoms with Gasteiger partial charge in [0.25, 0.3) is 5.91 Å². The summed E-state index contributed by atoms with van der Waals surface area (Å²) >= 11 is 0. The van der Waals surface area contributed by atoms with Gasteiger partial charge in [-0.15, -0.1) is 0 Å². The molecule has 1 aromatic rings. The zero-order valence-electron chi connectivity index (χ0n) is 17.8. The number of phenolic OH excluding ortho intramolecular Hbond substituents is 1. The number of carbonyl (C=O) groups is 3. The fourth-order valence-corrected chi connectivity index (χ4v) is 2.65. The van der Waals surface area contributed by atoms with Gasteiger partial charge in [-0.05, 0) is 25.0 Å². The molecule has 12 nitrogen and oxygen atoms in total. The molecule has 0 unspecified atom stereocenters. The Balaban J connectivity index is 1.81. The number of guanidine groups is 1. The fraction of sp³-hybridized carbons (Fsp3) is 0.500. The summed E-state index contributed by atoms with van der Waals surface area (Å²) in [5.41, 5.74) is -0.0612. The van der Waals surface area contributed by atoms with E-state index in [4.69, 9.17) is 9.47 Å². The van der Waals surface area contributed by atoms with Crippen LogP contribution in [0, 0.1) is 0 Å². The van der Waals surface area contributed by atoms with Crippen molar-refractivity contribution < 1.29 is 34.1 Å². The number of rotatable bonds is 11. The molecule has 2 amide bonds. The second-order valence-electron chi connectivity index (χ2n) is 6.85. The van der Waals surface area contributed by atoms with E-state index < -0.39 is 30.6 Å². The number of nitrogens with zero attached hydrogens (tertiary/aromatic N) is 1. The number of hydrogen-bond donors (Lipinski definition) is 6. The molecule has 0 bridgehead atoms. The Morgan fingerprint density at radius 1 is 1.28 bits per heavy atom. The lowest BCUT2D eigenvalue weighted by Gasteiger charge is -2.16. The zero-order valence-corrected chi connectivity index (χ0v) is 17.8. The van der Waals surface area contributed by atoms with Gasteiger partial charge < -0.3 is 41.0 Å². The maximum absolute atomic E-state index is 12.3. The highest BCUT2D eigenvalue weighted by Crippen LogP contribution is 2.23. The Bertz CT molecular complexity index is 831. The predicted octanol–water partition coefficient (Wildman–Crippen LogP) is 0.0291. The number of aliphatic carboxylic acids is 1. The van der Waals surface area contributed by atoms with E-state index in [0.717, 1.165) is 25.5 Å². The van der Waals surface area contributed by atoms with Crippen molar-refractivity contribution in [3.05, 3.63) is 23.8 Å². The normalized spacial score (nSPS) is 13.7. The van der Waals surface area contributed by atoms with E-state index in [2.05, 4.69) is 26.3 Å². The van der Waals surface area contributed by atoms with Crippen LogP contribution in [0.5, 0.6) is 11.5 Å². The van der Waals surface area contributed by atoms with E-state index >= 15 is 0 Å². The Hall–Kier alpha value is -3.70. The molecule has 1 aromatic carbocycles. The minimum Gasteiger partial charge on any atom is -0.507 e. The van der Waals surface area contributed by atoms with Gasteiger partial charge in [-0.2, -0.15) is 0 Å². The number of hydrogen-bond acceptors (Lipinski definition) is 9. The number of alkyl carbamates (subject to hydrolysis) is 1. The quantitative estimate of drug-likeness (QED) is 0.254. The first kappa shape index (κ1) is 24.6. The van der Waals surface area contributed by atoms with Crippen LogP contribution in [-0.4, -0.2) is 79.6 Å². The molecule has 32 heavy (non-hydrogen) atoms. The lowest BCUT2D eigenvalue weighted by molar-refractivity contribution is -0.139. The van der Waals surface area contributed by atoms with Gasteiger partial charge >= 0.3 is 12.1 Å². The SMILES string of the molecule is CCCOC(=O)N[C@@H](CNC(=O)c1ccc(OCCNC2=NCCCN2)cc1O)C(=O)O. The molecule has 12 heteroatoms. The van der Waals surface area contributed by atoms with Crippen molar-refractivity contribution in [3.63, 3.8) is 0 Å². The van der Waals surface area contributed by atoms with Crippen LogP contribution in [0.2, 0.25) is 0 Å². The van der Waals surface area contributed by atoms with Crippen LogP contribution in [0.3, 0.4) is 0 Å². The summed E-state index contributed by atoms with van der Waals surface area (Å²) in [6.07, 6.45) is 0.697. The van der Waals surface area contributed by atoms with Gasteiger partial charge in [-0.25, -0.2) is 9.59 Å². The van der Waals surface area contributed by atoms with Crippen molar-refractivity contribution in [2.45, 2.75) is 25.8 Å². The van der Waals surface area contributed by atoms with Crippen LogP contribution < -0.4 is 26.0 Å². The molecule has 0 aliphatic carbocycles. The number of carbonyl (C=O) groups excluding carboxylic acids is 2. The minimum absolute atomic E-state index is 0.0612. The number of ether oxygens (including phenoxy) is 2. The van der Waals surface area contributed by atoms with Crippen LogP contribution in [0.4, 0.5) is 4.79 Å². The van der Waals surface area contributed by atoms with Gasteiger partial charge in [0.1, 0.15) is 24.1 Å². The van der Waals surface area contributed by atoms with Crippen molar-refractivity contribution in [3.8, 4) is 11.5 Å². The van der Waals surface area contributed by atoms with E-state index in [1.165, 1.54) is 18.2 Å². The first-order chi connectivity index (χ1) is 15.4. The molecule has 176 valence electrons. The van der Waals surface area contributed by atoms with E-state index in [0.29, 0.717) is 25.3 Å². The first-order valence-electron chi connectivity index (χ1n) is 10.3. The number of nitrogens with one attached hydrogen (secondary N) is 4. The number of benzene rings is 1. The average Bonchev–Trinajstić information content (AvgIpc) is 2.78. The largest absolute Gasteiger partial charge is 0.507 e. The third-order valence-corrected chi connectivity index (χ3v) is 4.27. The maximum atomic E-state index is 12.3. The van der Waals surface area contributed by atoms with Gasteiger partial charge in [0, 0.05) is 25.7 Å². The van der Waals surface area contributed by atoms with E-state index in [9.17, 15) is 24.6 Å². The van der Waals surface area contributed by atoms with Gasteiger partial charge in [-0.3, -0.25) is 9.79 Å². The third-order valence-electron chi connectivity index (χ3n) is 4.27. The minimum atomic E-state index is -1.39. The Morgan fingerprint density at radius 2 is 2.09 bits per heavy atom. The molecule has 0 fully saturated rings. The molecule has 1 aliphatic rings. The van der Waals surface area contributed by atoms with Gasteiger partial charge in [0.15, 0.2) is 5.96 Å². The first-order valence-corrected chi connectivity index (χ1v) is 10.3. The number of aliphatic imine (C=N–C) groups is 1. The van der Waals surface area contributed by atoms with Crippen LogP contribution in [0.25, 0.3) is 0 Å². The number of amides is 2. The highest BCUT2D eigenvalue weighted by atomic mass is 16.5. The summed E-state index contributed by atoms with van der Waals surface area (Å²) in [4.78, 5) is 39.4. The van der Waals surface area contributed by atoms with Gasteiger partial charge in [0.2, 0.25) is 0 Å². The molecule has 0 saturated heterocycles. The monoisotopic (exact) mass is 451 g/mol. The lowest BCUT2D eigenvalue weighted by Crippen LogP contribution is -2.48. The molecule has 1 atom stereocenters. The van der Waals surface area contributed by atoms with Crippen LogP contribution in [-0.2, 0) is 9.53 Å². The molecule has 0 radical (unpaired) electrons. The molecule has 0 spiro atoms. The third kappa shape index (κ3) is 8.20. The molecule has 2 rings (SSSR count). The maximum Gasteiger partial charge on any atom is 0.407 e. The number of carboxylic acid groups (broad SMARTS) is 1. The summed E-state index contributed by atoms with van der Waals surface area (Å²) in [5.74, 6) is -1.28. The molecule has 1 heterocycles. The standard InChI is InChI=1S/C20H29N5O7/c1-2-9-32-20(30)25-15(18(28)29)12-24-17(27)14-5-4-13(11-16(14)26)31-10-8-23-19-21-6-3-7-22-19/h4-5,11,15,26H,2-3,6-10,12H2,1H3,(H,24,27)(H,25,30)(H,28,29)(H2,21,22,23)/t15-/m0/s1. The topological polar surface area (TPSA) is 171 Å². The lowest BCUT2D eigenvalue weighted by atomic mass is 10.1. The highest BCUT2D eigenvalue weighted by molar-refractivity contribution is 5.97. The average molecular weight is 451 g/mol. The van der Waals surface area contributed by atoms with Crippen LogP contribution >= 0.6 is 0 Å². The predicted molar refractivity (Wildman–Crippen MR) is 115 cm³/mol. The van der Waals surface area contributed by atoms with E-state index in [1.54, 1.807) is 6.92 Å². The smallest absolute Gasteiger partial charge is 0.407 e. The van der Waals surface area contributed by atoms with E-state index in [1.807, 2.05) is 0 Å². The highest BCUT2D eigenvalue weighted by Gasteiger charge is 2.22. The molecular formula is C20H29N5O7. The summed E-state index contributed by atoms with van der Waals surface area (Å²) in [6.45, 7) is 4.01. The molecule has 0 saturated carbocycles. The molecule has 6 N–H and O–H groups in total. The Morgan fingerprint density at radius 3 is 2.75 bits per heavy atom. The van der Waals surface area contributed by atoms with Gasteiger partial charge in [0.05, 0.1) is 18.7 Å². The van der Waals surface area contributed by atoms with Crippen molar-refractivity contribution in [2.75, 3.05) is 39.4 Å². The molecular weight excluding hydrogens is 422 g/mol. The van der Waals surface area contributed by atoms with Crippen molar-refractivity contribution in [1.82, 2.24) is 21.3 Å². The van der Waals surface area contributed by atoms with E-state index in [-0.39, 0.29) is 17.9 Å². The van der Waals surface area contributed by atoms with Crippen LogP contribution in [0.15, 0.2) is 23.2 Å². The number of aromatic hydroxyl groups is 1. The Labute approximate surface area is 185 Å². The van der Waals surface area contributed by atoms with Crippen molar-refractivity contribution in [2.24, 2.45) is 4.99 Å². The molecule has 0 aromatic heterocycles. The second kappa shape index (κ2) is 12.9. The fourth-order valence-electron chi connectivity index (χ4n) is 2.65. The summed E-state index contributed by atoms with van der Waals surface area (Å²) in [6, 6.07) is 2.78. The summed E-state index contributed by atoms with van der Waals surface area (Å²) in [5, 5.41) is 30.1. The van der Waals surface area contributed by atoms with Crippen LogP contribution in [0.1, 0.15) is 30.1 Å². The number of carboxylic acids is 1. The van der Waals surface area contributed by atoms with Crippen molar-refractivity contribution in [1.29, 1.82) is 0 Å².